The van der Waals surface area contributed by atoms with Gasteiger partial charge in [-0.25, -0.2) is 0 Å². The largest absolute Gasteiger partial charge is 0.496 e. The van der Waals surface area contributed by atoms with Crippen LogP contribution in [-0.2, 0) is 6.42 Å². The molecule has 100 valence electrons. The van der Waals surface area contributed by atoms with Crippen LogP contribution in [0.1, 0.15) is 11.1 Å². The normalized spacial score (nSPS) is 10.2. The molecule has 2 rings (SSSR count). The maximum Gasteiger partial charge on any atom is 0.122 e. The maximum atomic E-state index is 5.74. The molecule has 0 aromatic heterocycles. The van der Waals surface area contributed by atoms with Gasteiger partial charge in [-0.1, -0.05) is 18.2 Å². The zero-order valence-corrected chi connectivity index (χ0v) is 11.4. The van der Waals surface area contributed by atoms with E-state index in [9.17, 15) is 0 Å². The highest BCUT2D eigenvalue weighted by Crippen LogP contribution is 2.20. The summed E-state index contributed by atoms with van der Waals surface area (Å²) < 4.78 is 5.34. The van der Waals surface area contributed by atoms with Gasteiger partial charge in [-0.15, -0.1) is 0 Å². The van der Waals surface area contributed by atoms with E-state index in [0.717, 1.165) is 30.1 Å². The topological polar surface area (TPSA) is 47.3 Å². The molecule has 0 amide bonds. The van der Waals surface area contributed by atoms with Gasteiger partial charge in [0.05, 0.1) is 7.11 Å². The average Bonchev–Trinajstić information content (AvgIpc) is 2.42. The standard InChI is InChI=1S/C16H20N2O/c1-12-11-14(17)7-8-15(12)18-10-9-13-5-3-4-6-16(13)19-2/h3-8,11,18H,9-10,17H2,1-2H3. The molecule has 0 saturated carbocycles. The zero-order valence-electron chi connectivity index (χ0n) is 11.4. The van der Waals surface area contributed by atoms with E-state index in [-0.39, 0.29) is 0 Å². The highest BCUT2D eigenvalue weighted by molar-refractivity contribution is 5.57. The van der Waals surface area contributed by atoms with Gasteiger partial charge in [-0.2, -0.15) is 0 Å². The van der Waals surface area contributed by atoms with Gasteiger partial charge < -0.3 is 15.8 Å². The van der Waals surface area contributed by atoms with Crippen molar-refractivity contribution in [3.05, 3.63) is 53.6 Å². The molecule has 0 fully saturated rings. The molecule has 3 heteroatoms. The van der Waals surface area contributed by atoms with Crippen molar-refractivity contribution in [2.24, 2.45) is 0 Å². The van der Waals surface area contributed by atoms with E-state index in [0.29, 0.717) is 0 Å². The summed E-state index contributed by atoms with van der Waals surface area (Å²) in [7, 11) is 1.70. The van der Waals surface area contributed by atoms with Gasteiger partial charge in [-0.3, -0.25) is 0 Å². The maximum absolute atomic E-state index is 5.74. The van der Waals surface area contributed by atoms with Crippen LogP contribution >= 0.6 is 0 Å². The van der Waals surface area contributed by atoms with Crippen molar-refractivity contribution in [1.82, 2.24) is 0 Å². The van der Waals surface area contributed by atoms with E-state index < -0.39 is 0 Å². The lowest BCUT2D eigenvalue weighted by Crippen LogP contribution is -2.07. The Bertz CT molecular complexity index is 552. The molecule has 0 heterocycles. The molecule has 19 heavy (non-hydrogen) atoms. The number of nitrogen functional groups attached to an aromatic ring is 1. The van der Waals surface area contributed by atoms with E-state index in [1.54, 1.807) is 7.11 Å². The highest BCUT2D eigenvalue weighted by atomic mass is 16.5. The van der Waals surface area contributed by atoms with Crippen LogP contribution in [0.2, 0.25) is 0 Å². The van der Waals surface area contributed by atoms with E-state index in [1.807, 2.05) is 36.4 Å². The number of anilines is 2. The number of para-hydroxylation sites is 1. The molecular weight excluding hydrogens is 236 g/mol. The van der Waals surface area contributed by atoms with Crippen LogP contribution in [0.4, 0.5) is 11.4 Å². The summed E-state index contributed by atoms with van der Waals surface area (Å²) in [6.45, 7) is 2.92. The Morgan fingerprint density at radius 2 is 1.95 bits per heavy atom. The summed E-state index contributed by atoms with van der Waals surface area (Å²) in [5, 5.41) is 3.43. The monoisotopic (exact) mass is 256 g/mol. The Balaban J connectivity index is 1.96. The molecule has 0 radical (unpaired) electrons. The highest BCUT2D eigenvalue weighted by Gasteiger charge is 2.02. The van der Waals surface area contributed by atoms with Crippen LogP contribution in [0.25, 0.3) is 0 Å². The molecule has 2 aromatic rings. The molecule has 0 aliphatic carbocycles. The molecule has 0 bridgehead atoms. The second-order valence-corrected chi connectivity index (χ2v) is 4.56. The molecular formula is C16H20N2O. The van der Waals surface area contributed by atoms with Gasteiger partial charge in [0, 0.05) is 17.9 Å². The Morgan fingerprint density at radius 3 is 2.68 bits per heavy atom. The summed E-state index contributed by atoms with van der Waals surface area (Å²) in [6, 6.07) is 14.0. The average molecular weight is 256 g/mol. The summed E-state index contributed by atoms with van der Waals surface area (Å²) in [4.78, 5) is 0. The Hall–Kier alpha value is -2.16. The number of hydrogen-bond donors (Lipinski definition) is 2. The molecule has 0 aliphatic rings. The first kappa shape index (κ1) is 13.3. The van der Waals surface area contributed by atoms with Crippen molar-refractivity contribution >= 4 is 11.4 Å². The minimum Gasteiger partial charge on any atom is -0.496 e. The molecule has 0 aliphatic heterocycles. The SMILES string of the molecule is COc1ccccc1CCNc1ccc(N)cc1C. The van der Waals surface area contributed by atoms with Crippen molar-refractivity contribution in [2.45, 2.75) is 13.3 Å². The summed E-state index contributed by atoms with van der Waals surface area (Å²) >= 11 is 0. The smallest absolute Gasteiger partial charge is 0.122 e. The minimum atomic E-state index is 0.799. The van der Waals surface area contributed by atoms with E-state index >= 15 is 0 Å². The number of hydrogen-bond acceptors (Lipinski definition) is 3. The van der Waals surface area contributed by atoms with Crippen molar-refractivity contribution in [2.75, 3.05) is 24.7 Å². The third kappa shape index (κ3) is 3.41. The van der Waals surface area contributed by atoms with Gasteiger partial charge in [-0.05, 0) is 48.7 Å². The van der Waals surface area contributed by atoms with Crippen LogP contribution in [0.3, 0.4) is 0 Å². The predicted molar refractivity (Wildman–Crippen MR) is 80.8 cm³/mol. The van der Waals surface area contributed by atoms with Crippen molar-refractivity contribution < 1.29 is 4.74 Å². The summed E-state index contributed by atoms with van der Waals surface area (Å²) in [6.07, 6.45) is 0.924. The summed E-state index contributed by atoms with van der Waals surface area (Å²) in [5.74, 6) is 0.943. The summed E-state index contributed by atoms with van der Waals surface area (Å²) in [5.41, 5.74) is 10.0. The fourth-order valence-corrected chi connectivity index (χ4v) is 2.13. The predicted octanol–water partition coefficient (Wildman–Crippen LogP) is 3.24. The van der Waals surface area contributed by atoms with Crippen LogP contribution in [-0.4, -0.2) is 13.7 Å². The molecule has 0 unspecified atom stereocenters. The lowest BCUT2D eigenvalue weighted by atomic mass is 10.1. The number of benzene rings is 2. The lowest BCUT2D eigenvalue weighted by molar-refractivity contribution is 0.410. The lowest BCUT2D eigenvalue weighted by Gasteiger charge is -2.12. The van der Waals surface area contributed by atoms with Crippen molar-refractivity contribution in [1.29, 1.82) is 0 Å². The second kappa shape index (κ2) is 6.14. The first-order valence-corrected chi connectivity index (χ1v) is 6.42. The molecule has 3 nitrogen and oxygen atoms in total. The van der Waals surface area contributed by atoms with Crippen molar-refractivity contribution in [3.63, 3.8) is 0 Å². The van der Waals surface area contributed by atoms with Crippen LogP contribution in [0.5, 0.6) is 5.75 Å². The van der Waals surface area contributed by atoms with E-state index in [1.165, 1.54) is 11.1 Å². The van der Waals surface area contributed by atoms with Gasteiger partial charge in [0.15, 0.2) is 0 Å². The van der Waals surface area contributed by atoms with E-state index in [4.69, 9.17) is 10.5 Å². The third-order valence-electron chi connectivity index (χ3n) is 3.15. The molecule has 3 N–H and O–H groups in total. The van der Waals surface area contributed by atoms with Gasteiger partial charge >= 0.3 is 0 Å². The Kier molecular flexibility index (Phi) is 4.29. The fraction of sp³-hybridized carbons (Fsp3) is 0.250. The van der Waals surface area contributed by atoms with Gasteiger partial charge in [0.1, 0.15) is 5.75 Å². The first-order valence-electron chi connectivity index (χ1n) is 6.42. The minimum absolute atomic E-state index is 0.799. The zero-order chi connectivity index (χ0) is 13.7. The number of nitrogens with two attached hydrogens (primary N) is 1. The second-order valence-electron chi connectivity index (χ2n) is 4.56. The van der Waals surface area contributed by atoms with Crippen LogP contribution in [0, 0.1) is 6.92 Å². The molecule has 0 spiro atoms. The number of methoxy groups -OCH3 is 1. The number of rotatable bonds is 5. The molecule has 0 atom stereocenters. The van der Waals surface area contributed by atoms with E-state index in [2.05, 4.69) is 18.3 Å². The molecule has 2 aromatic carbocycles. The quantitative estimate of drug-likeness (QED) is 0.807. The fourth-order valence-electron chi connectivity index (χ4n) is 2.13. The first-order chi connectivity index (χ1) is 9.20. The number of ether oxygens (including phenoxy) is 1. The van der Waals surface area contributed by atoms with Gasteiger partial charge in [0.2, 0.25) is 0 Å². The Morgan fingerprint density at radius 1 is 1.16 bits per heavy atom. The van der Waals surface area contributed by atoms with Crippen LogP contribution < -0.4 is 15.8 Å². The Labute approximate surface area is 114 Å². The van der Waals surface area contributed by atoms with Crippen LogP contribution in [0.15, 0.2) is 42.5 Å². The van der Waals surface area contributed by atoms with Gasteiger partial charge in [0.25, 0.3) is 0 Å². The molecule has 0 saturated heterocycles. The third-order valence-corrected chi connectivity index (χ3v) is 3.15. The van der Waals surface area contributed by atoms with Crippen molar-refractivity contribution in [3.8, 4) is 5.75 Å². The number of aryl methyl sites for hydroxylation is 1. The number of nitrogens with one attached hydrogen (secondary N) is 1.